The quantitative estimate of drug-likeness (QED) is 0.118. The number of anilines is 4. The van der Waals surface area contributed by atoms with Gasteiger partial charge in [-0.2, -0.15) is 4.98 Å². The van der Waals surface area contributed by atoms with Gasteiger partial charge in [0.1, 0.15) is 12.4 Å². The summed E-state index contributed by atoms with van der Waals surface area (Å²) < 4.78 is 32.6. The molecule has 4 rings (SSSR count). The fourth-order valence-electron chi connectivity index (χ4n) is 3.77. The monoisotopic (exact) mass is 520 g/mol. The molecule has 1 unspecified atom stereocenters. The zero-order chi connectivity index (χ0) is 26.4. The highest BCUT2D eigenvalue weighted by Crippen LogP contribution is 2.32. The van der Waals surface area contributed by atoms with E-state index in [-0.39, 0.29) is 5.95 Å². The fraction of sp³-hybridized carbons (Fsp3) is 0.154. The summed E-state index contributed by atoms with van der Waals surface area (Å²) in [4.78, 5) is 8.33. The predicted octanol–water partition coefficient (Wildman–Crippen LogP) is 3.56. The van der Waals surface area contributed by atoms with Crippen LogP contribution in [0.4, 0.5) is 23.1 Å². The Morgan fingerprint density at radius 1 is 1.00 bits per heavy atom. The summed E-state index contributed by atoms with van der Waals surface area (Å²) in [6.07, 6.45) is 2.12. The van der Waals surface area contributed by atoms with Gasteiger partial charge in [0, 0.05) is 41.7 Å². The maximum atomic E-state index is 11.6. The van der Waals surface area contributed by atoms with Gasteiger partial charge < -0.3 is 36.5 Å². The molecule has 11 heteroatoms. The average molecular weight is 521 g/mol. The predicted molar refractivity (Wildman–Crippen MR) is 146 cm³/mol. The Hall–Kier alpha value is -4.35. The summed E-state index contributed by atoms with van der Waals surface area (Å²) in [6, 6.07) is 18.0. The molecular weight excluding hydrogens is 492 g/mol. The van der Waals surface area contributed by atoms with E-state index < -0.39 is 11.1 Å². The number of nitrogens with one attached hydrogen (secondary N) is 1. The highest BCUT2D eigenvalue weighted by Gasteiger charge is 2.12. The molecule has 0 saturated heterocycles. The Labute approximate surface area is 217 Å². The highest BCUT2D eigenvalue weighted by atomic mass is 32.2. The first-order chi connectivity index (χ1) is 17.8. The molecule has 8 N–H and O–H groups in total. The van der Waals surface area contributed by atoms with Gasteiger partial charge in [-0.3, -0.25) is 0 Å². The molecule has 0 aliphatic rings. The second-order valence-electron chi connectivity index (χ2n) is 8.15. The van der Waals surface area contributed by atoms with Gasteiger partial charge >= 0.3 is 0 Å². The summed E-state index contributed by atoms with van der Waals surface area (Å²) in [7, 11) is 1.58. The van der Waals surface area contributed by atoms with Gasteiger partial charge in [0.25, 0.3) is 0 Å². The number of nitrogens with zero attached hydrogens (tertiary/aromatic N) is 2. The number of nitrogens with two attached hydrogens (primary N) is 3. The largest absolute Gasteiger partial charge is 0.493 e. The Bertz CT molecular complexity index is 1420. The zero-order valence-corrected chi connectivity index (χ0v) is 21.0. The summed E-state index contributed by atoms with van der Waals surface area (Å²) in [5.74, 6) is 1.65. The molecule has 0 bridgehead atoms. The topological polar surface area (TPSA) is 172 Å². The summed E-state index contributed by atoms with van der Waals surface area (Å²) >= 11 is -2.09. The molecule has 1 atom stereocenters. The number of aromatic nitrogens is 2. The van der Waals surface area contributed by atoms with Gasteiger partial charge in [-0.05, 0) is 53.6 Å². The average Bonchev–Trinajstić information content (AvgIpc) is 2.89. The molecule has 37 heavy (non-hydrogen) atoms. The minimum atomic E-state index is -2.09. The first kappa shape index (κ1) is 25.7. The van der Waals surface area contributed by atoms with Crippen LogP contribution in [0.25, 0.3) is 11.1 Å². The molecule has 0 saturated carbocycles. The maximum absolute atomic E-state index is 11.6. The third-order valence-corrected chi connectivity index (χ3v) is 6.29. The molecule has 192 valence electrons. The summed E-state index contributed by atoms with van der Waals surface area (Å²) in [5, 5.41) is 3.34. The minimum Gasteiger partial charge on any atom is -0.493 e. The minimum absolute atomic E-state index is 0.131. The lowest BCUT2D eigenvalue weighted by Gasteiger charge is -2.16. The number of hydrogen-bond acceptors (Lipinski definition) is 9. The van der Waals surface area contributed by atoms with Crippen molar-refractivity contribution < 1.29 is 18.2 Å². The Morgan fingerprint density at radius 3 is 2.49 bits per heavy atom. The van der Waals surface area contributed by atoms with Gasteiger partial charge in [0.2, 0.25) is 5.95 Å². The molecule has 0 aliphatic heterocycles. The molecular formula is C26H28N6O4S. The van der Waals surface area contributed by atoms with Crippen molar-refractivity contribution in [2.24, 2.45) is 0 Å². The van der Waals surface area contributed by atoms with E-state index in [4.69, 9.17) is 26.7 Å². The van der Waals surface area contributed by atoms with Crippen molar-refractivity contribution in [3.8, 4) is 22.6 Å². The second-order valence-corrected chi connectivity index (χ2v) is 9.12. The van der Waals surface area contributed by atoms with E-state index in [0.29, 0.717) is 47.5 Å². The summed E-state index contributed by atoms with van der Waals surface area (Å²) in [5.41, 5.74) is 22.2. The lowest BCUT2D eigenvalue weighted by Crippen LogP contribution is -2.13. The van der Waals surface area contributed by atoms with Crippen LogP contribution in [0.15, 0.2) is 71.8 Å². The first-order valence-corrected chi connectivity index (χ1v) is 12.5. The fourth-order valence-corrected chi connectivity index (χ4v) is 4.17. The molecule has 10 nitrogen and oxygen atoms in total. The zero-order valence-electron chi connectivity index (χ0n) is 20.2. The Kier molecular flexibility index (Phi) is 8.06. The lowest BCUT2D eigenvalue weighted by molar-refractivity contribution is 0.305. The highest BCUT2D eigenvalue weighted by molar-refractivity contribution is 7.79. The van der Waals surface area contributed by atoms with Crippen molar-refractivity contribution >= 4 is 34.2 Å². The van der Waals surface area contributed by atoms with Crippen LogP contribution in [0.1, 0.15) is 11.1 Å². The van der Waals surface area contributed by atoms with Crippen LogP contribution < -0.4 is 32.0 Å². The molecule has 1 aromatic heterocycles. The van der Waals surface area contributed by atoms with Crippen molar-refractivity contribution in [3.05, 3.63) is 78.0 Å². The van der Waals surface area contributed by atoms with Gasteiger partial charge in [-0.25, -0.2) is 9.19 Å². The molecule has 4 aromatic rings. The van der Waals surface area contributed by atoms with Crippen molar-refractivity contribution in [1.29, 1.82) is 0 Å². The second kappa shape index (κ2) is 11.6. The van der Waals surface area contributed by atoms with Gasteiger partial charge in [-0.1, -0.05) is 18.2 Å². The molecule has 0 spiro atoms. The number of rotatable bonds is 10. The third kappa shape index (κ3) is 6.46. The Morgan fingerprint density at radius 2 is 1.78 bits per heavy atom. The summed E-state index contributed by atoms with van der Waals surface area (Å²) in [6.45, 7) is 0.803. The maximum Gasteiger partial charge on any atom is 0.221 e. The van der Waals surface area contributed by atoms with E-state index in [9.17, 15) is 8.76 Å². The van der Waals surface area contributed by atoms with Crippen LogP contribution in [0.5, 0.6) is 11.5 Å². The van der Waals surface area contributed by atoms with Crippen LogP contribution in [-0.4, -0.2) is 39.0 Å². The number of benzene rings is 3. The van der Waals surface area contributed by atoms with Crippen LogP contribution in [0.2, 0.25) is 0 Å². The third-order valence-electron chi connectivity index (χ3n) is 5.63. The Balaban J connectivity index is 1.46. The number of ether oxygens (including phenoxy) is 2. The van der Waals surface area contributed by atoms with Gasteiger partial charge in [0.05, 0.1) is 12.0 Å². The molecule has 1 heterocycles. The van der Waals surface area contributed by atoms with E-state index in [1.165, 1.54) is 0 Å². The molecule has 0 aliphatic carbocycles. The smallest absolute Gasteiger partial charge is 0.221 e. The SMILES string of the molecule is COc1ccc(Cc2cnc(N)nc2N)cc1OCCNc1ccc(S(=O)O)cc1-c1ccc(N)cc1. The van der Waals surface area contributed by atoms with Gasteiger partial charge in [0.15, 0.2) is 22.6 Å². The standard InChI is InChI=1S/C26H28N6O4S/c1-35-23-9-2-16(12-18-15-31-26(29)32-25(18)28)13-24(23)36-11-10-30-22-8-7-20(37(33)34)14-21(22)17-3-5-19(27)6-4-17/h2-9,13-15,30H,10-12,27H2,1H3,(H,33,34)(H4,28,29,31,32). The van der Waals surface area contributed by atoms with Crippen LogP contribution >= 0.6 is 0 Å². The van der Waals surface area contributed by atoms with E-state index >= 15 is 0 Å². The lowest BCUT2D eigenvalue weighted by atomic mass is 10.0. The molecule has 3 aromatic carbocycles. The van der Waals surface area contributed by atoms with E-state index in [2.05, 4.69) is 15.3 Å². The van der Waals surface area contributed by atoms with E-state index in [0.717, 1.165) is 27.9 Å². The van der Waals surface area contributed by atoms with Crippen LogP contribution in [0.3, 0.4) is 0 Å². The number of nitrogen functional groups attached to an aromatic ring is 3. The van der Waals surface area contributed by atoms with Crippen molar-refractivity contribution in [1.82, 2.24) is 9.97 Å². The van der Waals surface area contributed by atoms with Crippen molar-refractivity contribution in [2.45, 2.75) is 11.3 Å². The number of methoxy groups -OCH3 is 1. The molecule has 0 fully saturated rings. The van der Waals surface area contributed by atoms with Crippen LogP contribution in [-0.2, 0) is 17.5 Å². The van der Waals surface area contributed by atoms with Crippen molar-refractivity contribution in [2.75, 3.05) is 42.8 Å². The van der Waals surface area contributed by atoms with Crippen LogP contribution in [0, 0.1) is 0 Å². The normalized spacial score (nSPS) is 11.6. The van der Waals surface area contributed by atoms with E-state index in [1.54, 1.807) is 43.6 Å². The van der Waals surface area contributed by atoms with Gasteiger partial charge in [-0.15, -0.1) is 0 Å². The number of hydrogen-bond donors (Lipinski definition) is 5. The van der Waals surface area contributed by atoms with Crippen molar-refractivity contribution in [3.63, 3.8) is 0 Å². The van der Waals surface area contributed by atoms with E-state index in [1.807, 2.05) is 30.3 Å². The molecule has 0 radical (unpaired) electrons. The first-order valence-electron chi connectivity index (χ1n) is 11.4. The molecule has 0 amide bonds.